The number of benzene rings is 1. The van der Waals surface area contributed by atoms with Crippen molar-refractivity contribution in [3.8, 4) is 0 Å². The molecule has 0 saturated heterocycles. The van der Waals surface area contributed by atoms with Crippen molar-refractivity contribution < 1.29 is 23.9 Å². The van der Waals surface area contributed by atoms with E-state index in [1.165, 1.54) is 14.2 Å². The van der Waals surface area contributed by atoms with E-state index in [-0.39, 0.29) is 18.6 Å². The van der Waals surface area contributed by atoms with Crippen LogP contribution in [0.3, 0.4) is 0 Å². The number of carbonyl (C=O) groups is 3. The van der Waals surface area contributed by atoms with Crippen molar-refractivity contribution in [1.82, 2.24) is 0 Å². The standard InChI is InChI=1S/C14H16O5/c1-18-13(16)9-11(14(17)19-2)12(15)8-10-6-4-3-5-7-10/h3-7,11H,8-9H2,1-2H3. The first kappa shape index (κ1) is 14.9. The zero-order valence-electron chi connectivity index (χ0n) is 10.9. The molecule has 5 heteroatoms. The number of Topliss-reactive ketones (excluding diaryl/α,β-unsaturated/α-hetero) is 1. The predicted octanol–water partition coefficient (Wildman–Crippen LogP) is 1.15. The number of carbonyl (C=O) groups excluding carboxylic acids is 3. The van der Waals surface area contributed by atoms with E-state index >= 15 is 0 Å². The Morgan fingerprint density at radius 3 is 2.21 bits per heavy atom. The van der Waals surface area contributed by atoms with E-state index in [2.05, 4.69) is 9.47 Å². The molecule has 0 aliphatic heterocycles. The van der Waals surface area contributed by atoms with Gasteiger partial charge in [-0.25, -0.2) is 0 Å². The van der Waals surface area contributed by atoms with Gasteiger partial charge in [0.25, 0.3) is 0 Å². The lowest BCUT2D eigenvalue weighted by Gasteiger charge is -2.12. The molecule has 0 heterocycles. The number of hydrogen-bond donors (Lipinski definition) is 0. The molecule has 5 nitrogen and oxygen atoms in total. The van der Waals surface area contributed by atoms with Crippen molar-refractivity contribution in [1.29, 1.82) is 0 Å². The number of ether oxygens (including phenoxy) is 2. The summed E-state index contributed by atoms with van der Waals surface area (Å²) in [5.74, 6) is -2.80. The van der Waals surface area contributed by atoms with Crippen molar-refractivity contribution in [2.45, 2.75) is 12.8 Å². The van der Waals surface area contributed by atoms with E-state index in [0.29, 0.717) is 0 Å². The van der Waals surface area contributed by atoms with Gasteiger partial charge in [0.15, 0.2) is 5.78 Å². The lowest BCUT2D eigenvalue weighted by molar-refractivity contribution is -0.155. The molecule has 1 atom stereocenters. The third-order valence-corrected chi connectivity index (χ3v) is 2.69. The second-order valence-corrected chi connectivity index (χ2v) is 3.98. The molecule has 0 spiro atoms. The summed E-state index contributed by atoms with van der Waals surface area (Å²) in [6.45, 7) is 0. The van der Waals surface area contributed by atoms with Crippen molar-refractivity contribution in [2.75, 3.05) is 14.2 Å². The van der Waals surface area contributed by atoms with Crippen LogP contribution in [0.4, 0.5) is 0 Å². The molecule has 0 radical (unpaired) electrons. The van der Waals surface area contributed by atoms with E-state index in [1.54, 1.807) is 24.3 Å². The van der Waals surface area contributed by atoms with Crippen LogP contribution >= 0.6 is 0 Å². The lowest BCUT2D eigenvalue weighted by Crippen LogP contribution is -2.29. The maximum atomic E-state index is 12.1. The Morgan fingerprint density at radius 2 is 1.68 bits per heavy atom. The van der Waals surface area contributed by atoms with Gasteiger partial charge in [0, 0.05) is 6.42 Å². The molecule has 0 fully saturated rings. The normalized spacial score (nSPS) is 11.5. The van der Waals surface area contributed by atoms with Crippen molar-refractivity contribution in [3.05, 3.63) is 35.9 Å². The SMILES string of the molecule is COC(=O)CC(C(=O)Cc1ccccc1)C(=O)OC. The molecule has 1 unspecified atom stereocenters. The third kappa shape index (κ3) is 4.54. The average molecular weight is 264 g/mol. The van der Waals surface area contributed by atoms with Crippen LogP contribution in [0.25, 0.3) is 0 Å². The molecule has 1 aromatic carbocycles. The van der Waals surface area contributed by atoms with Gasteiger partial charge in [-0.15, -0.1) is 0 Å². The van der Waals surface area contributed by atoms with Gasteiger partial charge in [-0.3, -0.25) is 14.4 Å². The maximum Gasteiger partial charge on any atom is 0.316 e. The Kier molecular flexibility index (Phi) is 5.73. The van der Waals surface area contributed by atoms with E-state index in [1.807, 2.05) is 6.07 Å². The highest BCUT2D eigenvalue weighted by Gasteiger charge is 2.30. The second-order valence-electron chi connectivity index (χ2n) is 3.98. The smallest absolute Gasteiger partial charge is 0.316 e. The molecule has 102 valence electrons. The number of methoxy groups -OCH3 is 2. The largest absolute Gasteiger partial charge is 0.469 e. The van der Waals surface area contributed by atoms with Gasteiger partial charge in [0.05, 0.1) is 20.6 Å². The first-order valence-electron chi connectivity index (χ1n) is 5.79. The summed E-state index contributed by atoms with van der Waals surface area (Å²) in [4.78, 5) is 34.8. The predicted molar refractivity (Wildman–Crippen MR) is 67.3 cm³/mol. The van der Waals surface area contributed by atoms with E-state index < -0.39 is 17.9 Å². The summed E-state index contributed by atoms with van der Waals surface area (Å²) >= 11 is 0. The zero-order valence-corrected chi connectivity index (χ0v) is 10.9. The van der Waals surface area contributed by atoms with Crippen LogP contribution in [0.15, 0.2) is 30.3 Å². The molecule has 0 bridgehead atoms. The van der Waals surface area contributed by atoms with Crippen molar-refractivity contribution >= 4 is 17.7 Å². The Balaban J connectivity index is 2.77. The van der Waals surface area contributed by atoms with Gasteiger partial charge < -0.3 is 9.47 Å². The summed E-state index contributed by atoms with van der Waals surface area (Å²) in [5.41, 5.74) is 0.784. The summed E-state index contributed by atoms with van der Waals surface area (Å²) in [5, 5.41) is 0. The fraction of sp³-hybridized carbons (Fsp3) is 0.357. The second kappa shape index (κ2) is 7.31. The van der Waals surface area contributed by atoms with Crippen molar-refractivity contribution in [2.24, 2.45) is 5.92 Å². The fourth-order valence-corrected chi connectivity index (χ4v) is 1.64. The average Bonchev–Trinajstić information content (AvgIpc) is 2.44. The molecule has 0 amide bonds. The van der Waals surface area contributed by atoms with Crippen LogP contribution in [0.5, 0.6) is 0 Å². The van der Waals surface area contributed by atoms with E-state index in [4.69, 9.17) is 0 Å². The minimum atomic E-state index is -1.11. The Bertz CT molecular complexity index is 452. The third-order valence-electron chi connectivity index (χ3n) is 2.69. The van der Waals surface area contributed by atoms with Crippen LogP contribution < -0.4 is 0 Å². The highest BCUT2D eigenvalue weighted by Crippen LogP contribution is 2.12. The molecule has 0 aromatic heterocycles. The Labute approximate surface area is 111 Å². The van der Waals surface area contributed by atoms with E-state index in [9.17, 15) is 14.4 Å². The van der Waals surface area contributed by atoms with Crippen LogP contribution in [0.2, 0.25) is 0 Å². The van der Waals surface area contributed by atoms with E-state index in [0.717, 1.165) is 5.56 Å². The number of ketones is 1. The van der Waals surface area contributed by atoms with Crippen LogP contribution in [-0.4, -0.2) is 31.9 Å². The summed E-state index contributed by atoms with van der Waals surface area (Å²) < 4.78 is 9.03. The summed E-state index contributed by atoms with van der Waals surface area (Å²) in [7, 11) is 2.39. The minimum absolute atomic E-state index is 0.0810. The summed E-state index contributed by atoms with van der Waals surface area (Å²) in [6.07, 6.45) is -0.216. The molecular formula is C14H16O5. The monoisotopic (exact) mass is 264 g/mol. The van der Waals surface area contributed by atoms with Gasteiger partial charge in [-0.1, -0.05) is 30.3 Å². The Morgan fingerprint density at radius 1 is 1.05 bits per heavy atom. The Hall–Kier alpha value is -2.17. The molecule has 19 heavy (non-hydrogen) atoms. The van der Waals surface area contributed by atoms with Gasteiger partial charge in [0.2, 0.25) is 0 Å². The van der Waals surface area contributed by atoms with Gasteiger partial charge in [0.1, 0.15) is 5.92 Å². The summed E-state index contributed by atoms with van der Waals surface area (Å²) in [6, 6.07) is 9.00. The van der Waals surface area contributed by atoms with Gasteiger partial charge in [-0.2, -0.15) is 0 Å². The van der Waals surface area contributed by atoms with Crippen LogP contribution in [0.1, 0.15) is 12.0 Å². The number of hydrogen-bond acceptors (Lipinski definition) is 5. The first-order valence-corrected chi connectivity index (χ1v) is 5.79. The molecule has 0 N–H and O–H groups in total. The van der Waals surface area contributed by atoms with Crippen LogP contribution in [0, 0.1) is 5.92 Å². The number of rotatable bonds is 6. The van der Waals surface area contributed by atoms with Crippen LogP contribution in [-0.2, 0) is 30.3 Å². The quantitative estimate of drug-likeness (QED) is 0.569. The lowest BCUT2D eigenvalue weighted by atomic mass is 9.95. The maximum absolute atomic E-state index is 12.1. The molecule has 1 aromatic rings. The fourth-order valence-electron chi connectivity index (χ4n) is 1.64. The molecular weight excluding hydrogens is 248 g/mol. The topological polar surface area (TPSA) is 69.7 Å². The first-order chi connectivity index (χ1) is 9.08. The molecule has 0 saturated carbocycles. The molecule has 0 aliphatic carbocycles. The highest BCUT2D eigenvalue weighted by atomic mass is 16.5. The minimum Gasteiger partial charge on any atom is -0.469 e. The molecule has 0 aliphatic rings. The van der Waals surface area contributed by atoms with Gasteiger partial charge in [-0.05, 0) is 5.56 Å². The van der Waals surface area contributed by atoms with Gasteiger partial charge >= 0.3 is 11.9 Å². The zero-order chi connectivity index (χ0) is 14.3. The highest BCUT2D eigenvalue weighted by molar-refractivity contribution is 6.02. The van der Waals surface area contributed by atoms with Crippen molar-refractivity contribution in [3.63, 3.8) is 0 Å². The number of esters is 2. The molecule has 1 rings (SSSR count).